The molecule has 1 aromatic rings. The van der Waals surface area contributed by atoms with Crippen LogP contribution in [-0.2, 0) is 20.5 Å². The number of halogens is 1. The van der Waals surface area contributed by atoms with Crippen molar-refractivity contribution in [2.45, 2.75) is 50.1 Å². The summed E-state index contributed by atoms with van der Waals surface area (Å²) in [6.45, 7) is 3.72. The first-order valence-corrected chi connectivity index (χ1v) is 12.7. The fraction of sp³-hybridized carbons (Fsp3) is 0.682. The Morgan fingerprint density at radius 2 is 2.06 bits per heavy atom. The van der Waals surface area contributed by atoms with E-state index in [-0.39, 0.29) is 31.8 Å². The highest BCUT2D eigenvalue weighted by Crippen LogP contribution is 2.42. The highest BCUT2D eigenvalue weighted by Gasteiger charge is 2.41. The van der Waals surface area contributed by atoms with Gasteiger partial charge in [-0.2, -0.15) is 0 Å². The average Bonchev–Trinajstić information content (AvgIpc) is 3.63. The van der Waals surface area contributed by atoms with Crippen LogP contribution in [0.4, 0.5) is 4.79 Å². The Hall–Kier alpha value is -1.59. The number of benzene rings is 1. The molecule has 33 heavy (non-hydrogen) atoms. The molecule has 1 amide bonds. The van der Waals surface area contributed by atoms with Crippen LogP contribution >= 0.6 is 11.6 Å². The number of amides is 1. The molecule has 1 aliphatic carbocycles. The van der Waals surface area contributed by atoms with Crippen LogP contribution in [0.2, 0.25) is 5.02 Å². The van der Waals surface area contributed by atoms with Gasteiger partial charge in [-0.05, 0) is 50.3 Å². The van der Waals surface area contributed by atoms with Gasteiger partial charge in [-0.3, -0.25) is 0 Å². The fourth-order valence-electron chi connectivity index (χ4n) is 3.81. The summed E-state index contributed by atoms with van der Waals surface area (Å²) in [6, 6.07) is 3.58. The molecule has 1 aliphatic heterocycles. The van der Waals surface area contributed by atoms with Crippen LogP contribution in [0.3, 0.4) is 0 Å². The largest absolute Gasteiger partial charge is 0.491 e. The SMILES string of the molecule is COCCCCOc1cc(C(C)N(C2CC2)S(=O)C2CN(C(=O)O)CCO2)cc(Cl)c1OC. The van der Waals surface area contributed by atoms with Crippen molar-refractivity contribution in [3.05, 3.63) is 22.7 Å². The van der Waals surface area contributed by atoms with Gasteiger partial charge >= 0.3 is 6.09 Å². The van der Waals surface area contributed by atoms with Crippen LogP contribution in [0, 0.1) is 0 Å². The van der Waals surface area contributed by atoms with Crippen molar-refractivity contribution in [3.63, 3.8) is 0 Å². The van der Waals surface area contributed by atoms with Crippen LogP contribution in [-0.4, -0.2) is 83.2 Å². The summed E-state index contributed by atoms with van der Waals surface area (Å²) in [5.41, 5.74) is 0.141. The lowest BCUT2D eigenvalue weighted by molar-refractivity contribution is 0.0168. The van der Waals surface area contributed by atoms with E-state index in [1.165, 1.54) is 4.90 Å². The van der Waals surface area contributed by atoms with E-state index in [9.17, 15) is 14.1 Å². The first kappa shape index (κ1) is 26.0. The topological polar surface area (TPSA) is 97.8 Å². The molecule has 1 heterocycles. The second-order valence-electron chi connectivity index (χ2n) is 8.15. The third kappa shape index (κ3) is 6.73. The van der Waals surface area contributed by atoms with Crippen molar-refractivity contribution in [1.82, 2.24) is 9.21 Å². The van der Waals surface area contributed by atoms with E-state index in [2.05, 4.69) is 0 Å². The molecule has 9 nitrogen and oxygen atoms in total. The molecule has 3 unspecified atom stereocenters. The minimum atomic E-state index is -1.53. The van der Waals surface area contributed by atoms with E-state index in [0.29, 0.717) is 29.7 Å². The molecule has 3 atom stereocenters. The van der Waals surface area contributed by atoms with Crippen molar-refractivity contribution in [2.24, 2.45) is 0 Å². The third-order valence-electron chi connectivity index (χ3n) is 5.74. The lowest BCUT2D eigenvalue weighted by atomic mass is 10.1. The van der Waals surface area contributed by atoms with Gasteiger partial charge < -0.3 is 29.0 Å². The monoisotopic (exact) mass is 504 g/mol. The molecule has 0 bridgehead atoms. The Labute approximate surface area is 202 Å². The summed E-state index contributed by atoms with van der Waals surface area (Å²) < 4.78 is 37.6. The summed E-state index contributed by atoms with van der Waals surface area (Å²) in [6.07, 6.45) is 2.54. The first-order chi connectivity index (χ1) is 15.9. The Bertz CT molecular complexity index is 839. The molecule has 2 fully saturated rings. The first-order valence-electron chi connectivity index (χ1n) is 11.1. The number of methoxy groups -OCH3 is 2. The second-order valence-corrected chi connectivity index (χ2v) is 10.1. The predicted molar refractivity (Wildman–Crippen MR) is 125 cm³/mol. The van der Waals surface area contributed by atoms with Crippen LogP contribution in [0.1, 0.15) is 44.2 Å². The van der Waals surface area contributed by atoms with Gasteiger partial charge in [0.25, 0.3) is 0 Å². The molecule has 3 rings (SSSR count). The maximum Gasteiger partial charge on any atom is 0.407 e. The van der Waals surface area contributed by atoms with Gasteiger partial charge in [-0.1, -0.05) is 11.6 Å². The van der Waals surface area contributed by atoms with Gasteiger partial charge in [0.1, 0.15) is 11.0 Å². The van der Waals surface area contributed by atoms with Gasteiger partial charge in [-0.15, -0.1) is 0 Å². The van der Waals surface area contributed by atoms with Gasteiger partial charge in [0.2, 0.25) is 0 Å². The zero-order valence-electron chi connectivity index (χ0n) is 19.3. The summed E-state index contributed by atoms with van der Waals surface area (Å²) >= 11 is 6.51. The van der Waals surface area contributed by atoms with Crippen LogP contribution < -0.4 is 9.47 Å². The maximum atomic E-state index is 13.5. The van der Waals surface area contributed by atoms with E-state index in [0.717, 1.165) is 31.2 Å². The number of hydrogen-bond acceptors (Lipinski definition) is 6. The number of unbranched alkanes of at least 4 members (excludes halogenated alkanes) is 1. The number of hydrogen-bond donors (Lipinski definition) is 1. The zero-order chi connectivity index (χ0) is 24.0. The third-order valence-corrected chi connectivity index (χ3v) is 7.79. The van der Waals surface area contributed by atoms with Crippen molar-refractivity contribution < 1.29 is 33.1 Å². The maximum absolute atomic E-state index is 13.5. The Morgan fingerprint density at radius 1 is 1.33 bits per heavy atom. The summed E-state index contributed by atoms with van der Waals surface area (Å²) in [5, 5.41) is 9.74. The van der Waals surface area contributed by atoms with Gasteiger partial charge in [0.05, 0.1) is 31.9 Å². The van der Waals surface area contributed by atoms with Gasteiger partial charge in [-0.25, -0.2) is 13.3 Å². The van der Waals surface area contributed by atoms with Crippen LogP contribution in [0.15, 0.2) is 12.1 Å². The molecule has 11 heteroatoms. The van der Waals surface area contributed by atoms with E-state index in [1.54, 1.807) is 20.3 Å². The summed E-state index contributed by atoms with van der Waals surface area (Å²) in [4.78, 5) is 12.6. The summed E-state index contributed by atoms with van der Waals surface area (Å²) in [7, 11) is 1.68. The number of carboxylic acid groups (broad SMARTS) is 1. The predicted octanol–water partition coefficient (Wildman–Crippen LogP) is 3.68. The number of morpholine rings is 1. The minimum absolute atomic E-state index is 0.0804. The smallest absolute Gasteiger partial charge is 0.407 e. The zero-order valence-corrected chi connectivity index (χ0v) is 20.9. The summed E-state index contributed by atoms with van der Waals surface area (Å²) in [5.74, 6) is 1.00. The normalized spacial score (nSPS) is 20.5. The van der Waals surface area contributed by atoms with Crippen molar-refractivity contribution in [3.8, 4) is 11.5 Å². The quantitative estimate of drug-likeness (QED) is 0.433. The Balaban J connectivity index is 1.78. The van der Waals surface area contributed by atoms with E-state index in [1.807, 2.05) is 17.3 Å². The fourth-order valence-corrected chi connectivity index (χ4v) is 5.84. The lowest BCUT2D eigenvalue weighted by Crippen LogP contribution is -2.50. The standard InChI is InChI=1S/C22H33ClN2O7S/c1-15(16-12-18(23)21(30-3)19(13-16)31-10-5-4-9-29-2)25(17-6-7-17)33(28)20-14-24(22(26)27)8-11-32-20/h12-13,15,17,20H,4-11,14H2,1-3H3,(H,26,27). The molecule has 186 valence electrons. The van der Waals surface area contributed by atoms with Crippen LogP contribution in [0.25, 0.3) is 0 Å². The molecule has 0 aromatic heterocycles. The molecular formula is C22H33ClN2O7S. The number of nitrogens with zero attached hydrogens (tertiary/aromatic N) is 2. The Morgan fingerprint density at radius 3 is 2.70 bits per heavy atom. The van der Waals surface area contributed by atoms with E-state index in [4.69, 9.17) is 30.5 Å². The second kappa shape index (κ2) is 12.2. The molecule has 0 radical (unpaired) electrons. The lowest BCUT2D eigenvalue weighted by Gasteiger charge is -2.36. The molecule has 0 spiro atoms. The Kier molecular flexibility index (Phi) is 9.63. The number of rotatable bonds is 12. The molecular weight excluding hydrogens is 472 g/mol. The average molecular weight is 505 g/mol. The highest BCUT2D eigenvalue weighted by molar-refractivity contribution is 7.83. The number of ether oxygens (including phenoxy) is 4. The van der Waals surface area contributed by atoms with Crippen molar-refractivity contribution >= 4 is 28.7 Å². The van der Waals surface area contributed by atoms with Gasteiger partial charge in [0, 0.05) is 32.3 Å². The van der Waals surface area contributed by atoms with Crippen molar-refractivity contribution in [1.29, 1.82) is 0 Å². The van der Waals surface area contributed by atoms with Crippen LogP contribution in [0.5, 0.6) is 11.5 Å². The molecule has 1 saturated carbocycles. The van der Waals surface area contributed by atoms with Crippen molar-refractivity contribution in [2.75, 3.05) is 47.1 Å². The number of carbonyl (C=O) groups is 1. The molecule has 1 aromatic carbocycles. The van der Waals surface area contributed by atoms with Gasteiger partial charge in [0.15, 0.2) is 16.9 Å². The van der Waals surface area contributed by atoms with E-state index >= 15 is 0 Å². The molecule has 1 N–H and O–H groups in total. The van der Waals surface area contributed by atoms with E-state index < -0.39 is 22.5 Å². The molecule has 2 aliphatic rings. The molecule has 1 saturated heterocycles. The highest BCUT2D eigenvalue weighted by atomic mass is 35.5. The minimum Gasteiger partial charge on any atom is -0.491 e.